The van der Waals surface area contributed by atoms with Crippen LogP contribution >= 0.6 is 0 Å². The largest absolute Gasteiger partial charge is 0.478 e. The molecular formula is C18H23NO. The molecule has 1 atom stereocenters. The van der Waals surface area contributed by atoms with E-state index in [0.717, 1.165) is 18.9 Å². The van der Waals surface area contributed by atoms with Crippen molar-refractivity contribution >= 4 is 0 Å². The van der Waals surface area contributed by atoms with E-state index in [0.29, 0.717) is 5.92 Å². The first kappa shape index (κ1) is 14.6. The van der Waals surface area contributed by atoms with Crippen LogP contribution in [0.25, 0.3) is 0 Å². The van der Waals surface area contributed by atoms with Crippen molar-refractivity contribution in [3.05, 3.63) is 59.8 Å². The zero-order valence-corrected chi connectivity index (χ0v) is 12.4. The number of rotatable bonds is 7. The first-order valence-electron chi connectivity index (χ1n) is 7.45. The van der Waals surface area contributed by atoms with Crippen LogP contribution in [-0.4, -0.2) is 11.6 Å². The van der Waals surface area contributed by atoms with E-state index in [1.165, 1.54) is 24.0 Å². The molecule has 1 unspecified atom stereocenters. The Hall–Kier alpha value is -1.83. The highest BCUT2D eigenvalue weighted by molar-refractivity contribution is 5.31. The summed E-state index contributed by atoms with van der Waals surface area (Å²) < 4.78 is 5.64. The summed E-state index contributed by atoms with van der Waals surface area (Å²) in [5.74, 6) is 1.09. The van der Waals surface area contributed by atoms with Crippen LogP contribution in [0, 0.1) is 0 Å². The van der Waals surface area contributed by atoms with E-state index in [1.807, 2.05) is 18.3 Å². The minimum atomic E-state index is 0.359. The average molecular weight is 269 g/mol. The average Bonchev–Trinajstić information content (AvgIpc) is 2.52. The van der Waals surface area contributed by atoms with Crippen molar-refractivity contribution in [3.8, 4) is 5.88 Å². The van der Waals surface area contributed by atoms with E-state index < -0.39 is 0 Å². The summed E-state index contributed by atoms with van der Waals surface area (Å²) in [4.78, 5) is 4.40. The van der Waals surface area contributed by atoms with Gasteiger partial charge < -0.3 is 4.74 Å². The second kappa shape index (κ2) is 7.68. The molecule has 2 aromatic rings. The molecule has 0 amide bonds. The summed E-state index contributed by atoms with van der Waals surface area (Å²) >= 11 is 0. The fraction of sp³-hybridized carbons (Fsp3) is 0.389. The molecule has 1 aromatic heterocycles. The Bertz CT molecular complexity index is 493. The highest BCUT2D eigenvalue weighted by Crippen LogP contribution is 2.24. The number of hydrogen-bond acceptors (Lipinski definition) is 2. The monoisotopic (exact) mass is 269 g/mol. The lowest BCUT2D eigenvalue weighted by Crippen LogP contribution is -2.01. The number of aromatic nitrogens is 1. The topological polar surface area (TPSA) is 22.1 Å². The number of hydrogen-bond donors (Lipinski definition) is 0. The molecule has 2 heteroatoms. The zero-order valence-electron chi connectivity index (χ0n) is 12.4. The smallest absolute Gasteiger partial charge is 0.213 e. The zero-order chi connectivity index (χ0) is 14.2. The minimum Gasteiger partial charge on any atom is -0.478 e. The molecule has 0 N–H and O–H groups in total. The predicted molar refractivity (Wildman–Crippen MR) is 83.2 cm³/mol. The lowest BCUT2D eigenvalue weighted by molar-refractivity contribution is 0.295. The van der Waals surface area contributed by atoms with Crippen LogP contribution in [0.15, 0.2) is 48.7 Å². The summed E-state index contributed by atoms with van der Waals surface area (Å²) in [7, 11) is 0. The maximum absolute atomic E-state index is 5.64. The lowest BCUT2D eigenvalue weighted by Gasteiger charge is -2.12. The minimum absolute atomic E-state index is 0.359. The number of ether oxygens (including phenoxy) is 1. The maximum Gasteiger partial charge on any atom is 0.213 e. The van der Waals surface area contributed by atoms with Crippen LogP contribution in [-0.2, 0) is 0 Å². The number of pyridine rings is 1. The van der Waals surface area contributed by atoms with Gasteiger partial charge in [-0.05, 0) is 17.5 Å². The van der Waals surface area contributed by atoms with Gasteiger partial charge in [0.15, 0.2) is 0 Å². The maximum atomic E-state index is 5.64. The molecule has 0 fully saturated rings. The van der Waals surface area contributed by atoms with Crippen molar-refractivity contribution in [1.29, 1.82) is 0 Å². The molecule has 1 heterocycles. The van der Waals surface area contributed by atoms with Gasteiger partial charge in [0, 0.05) is 18.2 Å². The third kappa shape index (κ3) is 4.09. The van der Waals surface area contributed by atoms with E-state index in [2.05, 4.69) is 49.2 Å². The van der Waals surface area contributed by atoms with Crippen molar-refractivity contribution in [2.75, 3.05) is 6.61 Å². The first-order chi connectivity index (χ1) is 9.81. The molecule has 0 spiro atoms. The van der Waals surface area contributed by atoms with Crippen molar-refractivity contribution in [1.82, 2.24) is 4.98 Å². The molecule has 0 saturated heterocycles. The highest BCUT2D eigenvalue weighted by atomic mass is 16.5. The van der Waals surface area contributed by atoms with Gasteiger partial charge in [0.1, 0.15) is 0 Å². The second-order valence-electron chi connectivity index (χ2n) is 5.12. The Kier molecular flexibility index (Phi) is 5.60. The van der Waals surface area contributed by atoms with Crippen LogP contribution in [0.4, 0.5) is 0 Å². The van der Waals surface area contributed by atoms with Crippen molar-refractivity contribution < 1.29 is 4.74 Å². The Balaban J connectivity index is 1.94. The molecule has 0 aliphatic carbocycles. The molecule has 2 nitrogen and oxygen atoms in total. The van der Waals surface area contributed by atoms with E-state index in [1.54, 1.807) is 0 Å². The molecule has 2 rings (SSSR count). The Morgan fingerprint density at radius 3 is 2.45 bits per heavy atom. The fourth-order valence-corrected chi connectivity index (χ4v) is 2.20. The van der Waals surface area contributed by atoms with Crippen LogP contribution in [0.3, 0.4) is 0 Å². The fourth-order valence-electron chi connectivity index (χ4n) is 2.20. The van der Waals surface area contributed by atoms with Crippen LogP contribution in [0.2, 0.25) is 0 Å². The predicted octanol–water partition coefficient (Wildman–Crippen LogP) is 4.80. The lowest BCUT2D eigenvalue weighted by atomic mass is 9.95. The van der Waals surface area contributed by atoms with Gasteiger partial charge in [-0.25, -0.2) is 4.98 Å². The summed E-state index contributed by atoms with van der Waals surface area (Å²) in [6, 6.07) is 14.6. The molecule has 0 aliphatic rings. The summed E-state index contributed by atoms with van der Waals surface area (Å²) in [6.45, 7) is 5.15. The van der Waals surface area contributed by atoms with Gasteiger partial charge in [-0.1, -0.05) is 63.1 Å². The van der Waals surface area contributed by atoms with Gasteiger partial charge in [0.05, 0.1) is 6.61 Å². The van der Waals surface area contributed by atoms with Crippen LogP contribution < -0.4 is 4.74 Å². The van der Waals surface area contributed by atoms with Crippen LogP contribution in [0.1, 0.15) is 50.2 Å². The third-order valence-electron chi connectivity index (χ3n) is 3.56. The van der Waals surface area contributed by atoms with Crippen LogP contribution in [0.5, 0.6) is 5.88 Å². The Morgan fingerprint density at radius 2 is 1.80 bits per heavy atom. The molecule has 0 aliphatic heterocycles. The van der Waals surface area contributed by atoms with Gasteiger partial charge in [-0.15, -0.1) is 0 Å². The van der Waals surface area contributed by atoms with Gasteiger partial charge in [0.25, 0.3) is 0 Å². The molecule has 0 saturated carbocycles. The second-order valence-corrected chi connectivity index (χ2v) is 5.12. The van der Waals surface area contributed by atoms with Crippen molar-refractivity contribution in [3.63, 3.8) is 0 Å². The summed E-state index contributed by atoms with van der Waals surface area (Å²) in [6.07, 6.45) is 5.45. The highest BCUT2D eigenvalue weighted by Gasteiger charge is 2.08. The summed E-state index contributed by atoms with van der Waals surface area (Å²) in [5, 5.41) is 0. The molecule has 0 bridgehead atoms. The number of benzene rings is 1. The molecular weight excluding hydrogens is 246 g/mol. The third-order valence-corrected chi connectivity index (χ3v) is 3.56. The van der Waals surface area contributed by atoms with E-state index in [4.69, 9.17) is 4.74 Å². The standard InChI is InChI=1S/C18H23NO/c1-3-4-8-13-20-18-12-11-17(14-19-18)15(2)16-9-6-5-7-10-16/h5-7,9-12,14-15H,3-4,8,13H2,1-2H3. The van der Waals surface area contributed by atoms with E-state index >= 15 is 0 Å². The number of nitrogens with zero attached hydrogens (tertiary/aromatic N) is 1. The first-order valence-corrected chi connectivity index (χ1v) is 7.45. The molecule has 0 radical (unpaired) electrons. The van der Waals surface area contributed by atoms with Crippen molar-refractivity contribution in [2.24, 2.45) is 0 Å². The van der Waals surface area contributed by atoms with Gasteiger partial charge in [0.2, 0.25) is 5.88 Å². The SMILES string of the molecule is CCCCCOc1ccc(C(C)c2ccccc2)cn1. The van der Waals surface area contributed by atoms with Gasteiger partial charge in [-0.3, -0.25) is 0 Å². The quantitative estimate of drug-likeness (QED) is 0.673. The van der Waals surface area contributed by atoms with E-state index in [9.17, 15) is 0 Å². The van der Waals surface area contributed by atoms with Gasteiger partial charge in [-0.2, -0.15) is 0 Å². The normalized spacial score (nSPS) is 12.1. The van der Waals surface area contributed by atoms with Crippen molar-refractivity contribution in [2.45, 2.75) is 39.0 Å². The summed E-state index contributed by atoms with van der Waals surface area (Å²) in [5.41, 5.74) is 2.53. The Morgan fingerprint density at radius 1 is 1.00 bits per heavy atom. The molecule has 1 aromatic carbocycles. The van der Waals surface area contributed by atoms with E-state index in [-0.39, 0.29) is 0 Å². The Labute approximate surface area is 121 Å². The van der Waals surface area contributed by atoms with Gasteiger partial charge >= 0.3 is 0 Å². The molecule has 20 heavy (non-hydrogen) atoms. The number of unbranched alkanes of at least 4 members (excludes halogenated alkanes) is 2. The molecule has 106 valence electrons.